The standard InChI is InChI=1S/C25H26N2O4.C8H17N/c26-16-20-8-6-19(7-9-20)15-24(28)27-23(25(29)30)14-18-10-12-22(13-11-18)31-17-21-4-2-1-3-5-21;1-6-3-4-8(9)5-7(6)2/h1-13,23H,14-17,26H2,(H,27,28)(H,29,30);6-8H,3-5,9H2,1-2H3/t23-;/m0./s1. The van der Waals surface area contributed by atoms with Crippen molar-refractivity contribution in [3.63, 3.8) is 0 Å². The largest absolute Gasteiger partial charge is 0.489 e. The van der Waals surface area contributed by atoms with Crippen molar-refractivity contribution in [3.8, 4) is 5.75 Å². The molecule has 4 rings (SSSR count). The molecule has 0 saturated heterocycles. The number of carbonyl (C=O) groups is 2. The average molecular weight is 546 g/mol. The molecule has 0 heterocycles. The number of nitrogens with two attached hydrogens (primary N) is 2. The van der Waals surface area contributed by atoms with Crippen LogP contribution in [0, 0.1) is 11.8 Å². The molecule has 1 amide bonds. The van der Waals surface area contributed by atoms with Crippen LogP contribution in [0.2, 0.25) is 0 Å². The molecule has 1 aliphatic rings. The molecular weight excluding hydrogens is 502 g/mol. The second kappa shape index (κ2) is 15.8. The topological polar surface area (TPSA) is 128 Å². The zero-order chi connectivity index (χ0) is 28.9. The van der Waals surface area contributed by atoms with Crippen molar-refractivity contribution in [2.45, 2.75) is 71.2 Å². The van der Waals surface area contributed by atoms with Crippen molar-refractivity contribution in [2.24, 2.45) is 23.3 Å². The van der Waals surface area contributed by atoms with Crippen molar-refractivity contribution in [3.05, 3.63) is 101 Å². The van der Waals surface area contributed by atoms with E-state index in [-0.39, 0.29) is 18.7 Å². The van der Waals surface area contributed by atoms with Gasteiger partial charge in [-0.2, -0.15) is 0 Å². The van der Waals surface area contributed by atoms with Crippen LogP contribution in [0.15, 0.2) is 78.9 Å². The third-order valence-corrected chi connectivity index (χ3v) is 7.51. The summed E-state index contributed by atoms with van der Waals surface area (Å²) in [7, 11) is 0. The van der Waals surface area contributed by atoms with Crippen LogP contribution in [-0.2, 0) is 35.6 Å². The van der Waals surface area contributed by atoms with Crippen LogP contribution in [0.25, 0.3) is 0 Å². The first-order valence-corrected chi connectivity index (χ1v) is 14.0. The Bertz CT molecular complexity index is 1180. The number of amides is 1. The average Bonchev–Trinajstić information content (AvgIpc) is 2.95. The van der Waals surface area contributed by atoms with E-state index in [4.69, 9.17) is 16.2 Å². The SMILES string of the molecule is CC1CCC(N)CC1C.NCc1ccc(CC(=O)N[C@@H](Cc2ccc(OCc3ccccc3)cc2)C(=O)O)cc1. The predicted molar refractivity (Wildman–Crippen MR) is 159 cm³/mol. The molecule has 3 unspecified atom stereocenters. The highest BCUT2D eigenvalue weighted by atomic mass is 16.5. The van der Waals surface area contributed by atoms with E-state index in [1.165, 1.54) is 19.3 Å². The number of carbonyl (C=O) groups excluding carboxylic acids is 1. The van der Waals surface area contributed by atoms with Crippen molar-refractivity contribution in [1.82, 2.24) is 5.32 Å². The fourth-order valence-electron chi connectivity index (χ4n) is 4.71. The number of rotatable bonds is 10. The summed E-state index contributed by atoms with van der Waals surface area (Å²) >= 11 is 0. The van der Waals surface area contributed by atoms with Gasteiger partial charge < -0.3 is 26.6 Å². The Kier molecular flexibility index (Phi) is 12.2. The number of carboxylic acids is 1. The van der Waals surface area contributed by atoms with Gasteiger partial charge in [-0.15, -0.1) is 0 Å². The third kappa shape index (κ3) is 10.5. The maximum absolute atomic E-state index is 12.3. The highest BCUT2D eigenvalue weighted by Crippen LogP contribution is 2.28. The molecule has 3 aromatic rings. The van der Waals surface area contributed by atoms with E-state index in [0.29, 0.717) is 24.9 Å². The third-order valence-electron chi connectivity index (χ3n) is 7.51. The normalized spacial score (nSPS) is 19.1. The predicted octanol–water partition coefficient (Wildman–Crippen LogP) is 4.85. The molecule has 0 bridgehead atoms. The van der Waals surface area contributed by atoms with Crippen LogP contribution in [0.1, 0.15) is 55.4 Å². The van der Waals surface area contributed by atoms with Gasteiger partial charge in [-0.25, -0.2) is 4.79 Å². The summed E-state index contributed by atoms with van der Waals surface area (Å²) in [6.07, 6.45) is 4.11. The Hall–Kier alpha value is -3.68. The fourth-order valence-corrected chi connectivity index (χ4v) is 4.71. The molecule has 6 N–H and O–H groups in total. The van der Waals surface area contributed by atoms with E-state index < -0.39 is 12.0 Å². The molecule has 7 heteroatoms. The highest BCUT2D eigenvalue weighted by molar-refractivity contribution is 5.85. The molecule has 3 aromatic carbocycles. The number of nitrogens with one attached hydrogen (secondary N) is 1. The Morgan fingerprint density at radius 2 is 1.50 bits per heavy atom. The number of hydrogen-bond acceptors (Lipinski definition) is 5. The van der Waals surface area contributed by atoms with Gasteiger partial charge in [0.05, 0.1) is 6.42 Å². The van der Waals surface area contributed by atoms with Crippen LogP contribution in [0.5, 0.6) is 5.75 Å². The van der Waals surface area contributed by atoms with E-state index in [9.17, 15) is 14.7 Å². The monoisotopic (exact) mass is 545 g/mol. The first-order valence-electron chi connectivity index (χ1n) is 14.0. The Labute approximate surface area is 237 Å². The van der Waals surface area contributed by atoms with Gasteiger partial charge >= 0.3 is 5.97 Å². The van der Waals surface area contributed by atoms with Crippen LogP contribution < -0.4 is 21.5 Å². The zero-order valence-electron chi connectivity index (χ0n) is 23.6. The van der Waals surface area contributed by atoms with Crippen molar-refractivity contribution < 1.29 is 19.4 Å². The lowest BCUT2D eigenvalue weighted by molar-refractivity contribution is -0.141. The van der Waals surface area contributed by atoms with Gasteiger partial charge in [0.2, 0.25) is 5.91 Å². The van der Waals surface area contributed by atoms with Gasteiger partial charge in [-0.3, -0.25) is 4.79 Å². The quantitative estimate of drug-likeness (QED) is 0.288. The fraction of sp³-hybridized carbons (Fsp3) is 0.394. The van der Waals surface area contributed by atoms with Gasteiger partial charge in [0.25, 0.3) is 0 Å². The van der Waals surface area contributed by atoms with Gasteiger partial charge in [0, 0.05) is 19.0 Å². The molecule has 0 radical (unpaired) electrons. The second-order valence-electron chi connectivity index (χ2n) is 10.8. The molecular formula is C33H43N3O4. The number of hydrogen-bond donors (Lipinski definition) is 4. The van der Waals surface area contributed by atoms with E-state index in [1.54, 1.807) is 12.1 Å². The molecule has 214 valence electrons. The summed E-state index contributed by atoms with van der Waals surface area (Å²) in [4.78, 5) is 24.0. The van der Waals surface area contributed by atoms with Crippen LogP contribution in [0.4, 0.5) is 0 Å². The molecule has 4 atom stereocenters. The summed E-state index contributed by atoms with van der Waals surface area (Å²) in [5.74, 6) is 1.05. The van der Waals surface area contributed by atoms with Gasteiger partial charge in [-0.05, 0) is 65.5 Å². The first-order chi connectivity index (χ1) is 19.2. The number of carboxylic acid groups (broad SMARTS) is 1. The van der Waals surface area contributed by atoms with Gasteiger partial charge in [-0.1, -0.05) is 80.6 Å². The number of aliphatic carboxylic acids is 1. The highest BCUT2D eigenvalue weighted by Gasteiger charge is 2.22. The Balaban J connectivity index is 0.000000415. The molecule has 7 nitrogen and oxygen atoms in total. The minimum Gasteiger partial charge on any atom is -0.489 e. The van der Waals surface area contributed by atoms with Crippen LogP contribution in [0.3, 0.4) is 0 Å². The lowest BCUT2D eigenvalue weighted by atomic mass is 9.79. The second-order valence-corrected chi connectivity index (χ2v) is 10.8. The Morgan fingerprint density at radius 1 is 0.875 bits per heavy atom. The first kappa shape index (κ1) is 30.9. The van der Waals surface area contributed by atoms with E-state index in [0.717, 1.165) is 34.1 Å². The maximum atomic E-state index is 12.3. The molecule has 1 fully saturated rings. The lowest BCUT2D eigenvalue weighted by Crippen LogP contribution is -2.43. The summed E-state index contributed by atoms with van der Waals surface area (Å²) in [6, 6.07) is 23.9. The number of ether oxygens (including phenoxy) is 1. The lowest BCUT2D eigenvalue weighted by Gasteiger charge is -2.29. The number of benzene rings is 3. The minimum absolute atomic E-state index is 0.112. The summed E-state index contributed by atoms with van der Waals surface area (Å²) in [6.45, 7) is 5.53. The van der Waals surface area contributed by atoms with Crippen LogP contribution >= 0.6 is 0 Å². The minimum atomic E-state index is -1.07. The van der Waals surface area contributed by atoms with Crippen molar-refractivity contribution >= 4 is 11.9 Å². The van der Waals surface area contributed by atoms with Crippen LogP contribution in [-0.4, -0.2) is 29.1 Å². The Morgan fingerprint density at radius 3 is 2.08 bits per heavy atom. The maximum Gasteiger partial charge on any atom is 0.326 e. The molecule has 0 spiro atoms. The van der Waals surface area contributed by atoms with Crippen molar-refractivity contribution in [1.29, 1.82) is 0 Å². The molecule has 1 saturated carbocycles. The molecule has 40 heavy (non-hydrogen) atoms. The summed E-state index contributed by atoms with van der Waals surface area (Å²) < 4.78 is 5.75. The van der Waals surface area contributed by atoms with E-state index >= 15 is 0 Å². The van der Waals surface area contributed by atoms with Gasteiger partial charge in [0.1, 0.15) is 18.4 Å². The van der Waals surface area contributed by atoms with Crippen molar-refractivity contribution in [2.75, 3.05) is 0 Å². The zero-order valence-corrected chi connectivity index (χ0v) is 23.6. The molecule has 0 aliphatic heterocycles. The van der Waals surface area contributed by atoms with E-state index in [2.05, 4.69) is 19.2 Å². The summed E-state index contributed by atoms with van der Waals surface area (Å²) in [5.41, 5.74) is 15.0. The molecule has 1 aliphatic carbocycles. The van der Waals surface area contributed by atoms with E-state index in [1.807, 2.05) is 66.7 Å². The smallest absolute Gasteiger partial charge is 0.326 e. The van der Waals surface area contributed by atoms with Gasteiger partial charge in [0.15, 0.2) is 0 Å². The summed E-state index contributed by atoms with van der Waals surface area (Å²) in [5, 5.41) is 12.1. The molecule has 0 aromatic heterocycles.